The third-order valence-corrected chi connectivity index (χ3v) is 3.19. The third kappa shape index (κ3) is 3.49. The summed E-state index contributed by atoms with van der Waals surface area (Å²) in [5.74, 6) is 0.559. The minimum absolute atomic E-state index is 0.559. The molecule has 0 aliphatic carbocycles. The fraction of sp³-hybridized carbons (Fsp3) is 0.357. The summed E-state index contributed by atoms with van der Waals surface area (Å²) in [6.45, 7) is 4.57. The molecule has 0 saturated carbocycles. The Morgan fingerprint density at radius 2 is 1.95 bits per heavy atom. The van der Waals surface area contributed by atoms with Crippen LogP contribution in [0.1, 0.15) is 5.56 Å². The topological polar surface area (TPSA) is 63.2 Å². The lowest BCUT2D eigenvalue weighted by Crippen LogP contribution is -2.35. The van der Waals surface area contributed by atoms with Crippen LogP contribution in [0.4, 0.5) is 11.6 Å². The van der Waals surface area contributed by atoms with Crippen molar-refractivity contribution in [2.75, 3.05) is 31.6 Å². The molecular formula is C14H17N5O. The number of aromatic nitrogens is 3. The predicted octanol–water partition coefficient (Wildman–Crippen LogP) is 1.45. The molecule has 0 bridgehead atoms. The molecule has 3 rings (SSSR count). The van der Waals surface area contributed by atoms with Crippen LogP contribution in [0.3, 0.4) is 0 Å². The van der Waals surface area contributed by atoms with E-state index in [2.05, 4.69) is 37.3 Å². The monoisotopic (exact) mass is 271 g/mol. The second-order valence-corrected chi connectivity index (χ2v) is 4.68. The summed E-state index contributed by atoms with van der Waals surface area (Å²) in [7, 11) is 0. The van der Waals surface area contributed by atoms with Crippen molar-refractivity contribution >= 4 is 11.6 Å². The zero-order valence-corrected chi connectivity index (χ0v) is 11.2. The van der Waals surface area contributed by atoms with E-state index in [1.165, 1.54) is 18.2 Å². The highest BCUT2D eigenvalue weighted by atomic mass is 16.5. The van der Waals surface area contributed by atoms with E-state index in [1.807, 2.05) is 12.1 Å². The van der Waals surface area contributed by atoms with Gasteiger partial charge >= 0.3 is 0 Å². The molecule has 2 aromatic rings. The van der Waals surface area contributed by atoms with E-state index in [0.29, 0.717) is 5.95 Å². The second-order valence-electron chi connectivity index (χ2n) is 4.68. The third-order valence-electron chi connectivity index (χ3n) is 3.19. The second kappa shape index (κ2) is 6.40. The van der Waals surface area contributed by atoms with Crippen LogP contribution in [-0.4, -0.2) is 46.2 Å². The van der Waals surface area contributed by atoms with Gasteiger partial charge in [-0.25, -0.2) is 15.0 Å². The summed E-state index contributed by atoms with van der Waals surface area (Å²) in [5, 5.41) is 3.18. The molecule has 6 heteroatoms. The van der Waals surface area contributed by atoms with E-state index >= 15 is 0 Å². The first-order valence-electron chi connectivity index (χ1n) is 6.68. The lowest BCUT2D eigenvalue weighted by molar-refractivity contribution is 0.0342. The van der Waals surface area contributed by atoms with Crippen LogP contribution in [0.15, 0.2) is 36.9 Å². The molecular weight excluding hydrogens is 254 g/mol. The van der Waals surface area contributed by atoms with Crippen molar-refractivity contribution in [3.63, 3.8) is 0 Å². The van der Waals surface area contributed by atoms with Gasteiger partial charge in [0.25, 0.3) is 0 Å². The molecule has 0 amide bonds. The summed E-state index contributed by atoms with van der Waals surface area (Å²) in [4.78, 5) is 14.3. The minimum atomic E-state index is 0.559. The van der Waals surface area contributed by atoms with Gasteiger partial charge in [-0.1, -0.05) is 12.1 Å². The molecule has 0 radical (unpaired) electrons. The molecule has 1 fully saturated rings. The van der Waals surface area contributed by atoms with Crippen molar-refractivity contribution < 1.29 is 4.74 Å². The minimum Gasteiger partial charge on any atom is -0.379 e. The summed E-state index contributed by atoms with van der Waals surface area (Å²) >= 11 is 0. The van der Waals surface area contributed by atoms with E-state index in [-0.39, 0.29) is 0 Å². The maximum Gasteiger partial charge on any atom is 0.230 e. The van der Waals surface area contributed by atoms with Crippen LogP contribution < -0.4 is 5.32 Å². The van der Waals surface area contributed by atoms with E-state index in [1.54, 1.807) is 0 Å². The average molecular weight is 271 g/mol. The summed E-state index contributed by atoms with van der Waals surface area (Å²) < 4.78 is 5.36. The van der Waals surface area contributed by atoms with Gasteiger partial charge in [0, 0.05) is 25.3 Å². The van der Waals surface area contributed by atoms with Gasteiger partial charge in [-0.15, -0.1) is 0 Å². The quantitative estimate of drug-likeness (QED) is 0.908. The zero-order valence-electron chi connectivity index (χ0n) is 11.2. The maximum absolute atomic E-state index is 5.36. The Kier molecular flexibility index (Phi) is 4.15. The van der Waals surface area contributed by atoms with Crippen LogP contribution in [0.25, 0.3) is 0 Å². The summed E-state index contributed by atoms with van der Waals surface area (Å²) in [5.41, 5.74) is 2.26. The molecule has 1 N–H and O–H groups in total. The smallest absolute Gasteiger partial charge is 0.230 e. The first-order valence-corrected chi connectivity index (χ1v) is 6.68. The number of rotatable bonds is 4. The van der Waals surface area contributed by atoms with Crippen LogP contribution in [-0.2, 0) is 11.3 Å². The van der Waals surface area contributed by atoms with E-state index in [9.17, 15) is 0 Å². The molecule has 6 nitrogen and oxygen atoms in total. The maximum atomic E-state index is 5.36. The number of nitrogens with zero attached hydrogens (tertiary/aromatic N) is 4. The molecule has 0 atom stereocenters. The van der Waals surface area contributed by atoms with Crippen molar-refractivity contribution in [3.05, 3.63) is 42.5 Å². The predicted molar refractivity (Wildman–Crippen MR) is 75.6 cm³/mol. The van der Waals surface area contributed by atoms with Crippen molar-refractivity contribution in [2.24, 2.45) is 0 Å². The number of benzene rings is 1. The fourth-order valence-electron chi connectivity index (χ4n) is 2.20. The average Bonchev–Trinajstić information content (AvgIpc) is 2.50. The van der Waals surface area contributed by atoms with Gasteiger partial charge in [0.05, 0.1) is 13.2 Å². The van der Waals surface area contributed by atoms with Crippen molar-refractivity contribution in [1.29, 1.82) is 0 Å². The molecule has 1 aromatic carbocycles. The molecule has 1 aliphatic heterocycles. The Balaban J connectivity index is 1.66. The van der Waals surface area contributed by atoms with Crippen LogP contribution >= 0.6 is 0 Å². The van der Waals surface area contributed by atoms with Gasteiger partial charge in [0.2, 0.25) is 5.95 Å². The van der Waals surface area contributed by atoms with Gasteiger partial charge in [0.1, 0.15) is 12.7 Å². The van der Waals surface area contributed by atoms with Gasteiger partial charge in [-0.2, -0.15) is 0 Å². The highest BCUT2D eigenvalue weighted by Crippen LogP contribution is 2.16. The van der Waals surface area contributed by atoms with Crippen molar-refractivity contribution in [1.82, 2.24) is 19.9 Å². The highest BCUT2D eigenvalue weighted by molar-refractivity contribution is 5.53. The Labute approximate surface area is 117 Å². The van der Waals surface area contributed by atoms with Gasteiger partial charge in [-0.05, 0) is 17.7 Å². The molecule has 0 unspecified atom stereocenters. The summed E-state index contributed by atoms with van der Waals surface area (Å²) in [6.07, 6.45) is 2.96. The number of hydrogen-bond acceptors (Lipinski definition) is 6. The number of morpholine rings is 1. The van der Waals surface area contributed by atoms with Gasteiger partial charge in [0.15, 0.2) is 0 Å². The van der Waals surface area contributed by atoms with E-state index in [0.717, 1.165) is 38.5 Å². The first kappa shape index (κ1) is 13.0. The lowest BCUT2D eigenvalue weighted by atomic mass is 10.2. The number of hydrogen-bond donors (Lipinski definition) is 1. The van der Waals surface area contributed by atoms with Crippen LogP contribution in [0, 0.1) is 0 Å². The highest BCUT2D eigenvalue weighted by Gasteiger charge is 2.10. The Morgan fingerprint density at radius 1 is 1.15 bits per heavy atom. The van der Waals surface area contributed by atoms with Crippen LogP contribution in [0.2, 0.25) is 0 Å². The molecule has 1 aliphatic rings. The Morgan fingerprint density at radius 3 is 2.75 bits per heavy atom. The molecule has 2 heterocycles. The normalized spacial score (nSPS) is 16.0. The van der Waals surface area contributed by atoms with Crippen molar-refractivity contribution in [2.45, 2.75) is 6.54 Å². The fourth-order valence-corrected chi connectivity index (χ4v) is 2.20. The standard InChI is InChI=1S/C14H17N5O/c1-2-12(9-19-4-6-20-7-5-19)8-13(3-1)18-14-16-10-15-11-17-14/h1-3,8,10-11H,4-7,9H2,(H,15,16,17,18). The van der Waals surface area contributed by atoms with Gasteiger partial charge < -0.3 is 10.1 Å². The van der Waals surface area contributed by atoms with Crippen molar-refractivity contribution in [3.8, 4) is 0 Å². The number of nitrogens with one attached hydrogen (secondary N) is 1. The number of ether oxygens (including phenoxy) is 1. The molecule has 1 saturated heterocycles. The number of anilines is 2. The van der Waals surface area contributed by atoms with E-state index < -0.39 is 0 Å². The van der Waals surface area contributed by atoms with Crippen LogP contribution in [0.5, 0.6) is 0 Å². The SMILES string of the molecule is c1cc(CN2CCOCC2)cc(Nc2ncncn2)c1. The van der Waals surface area contributed by atoms with E-state index in [4.69, 9.17) is 4.74 Å². The molecule has 104 valence electrons. The Hall–Kier alpha value is -2.05. The first-order chi connectivity index (χ1) is 9.90. The zero-order chi connectivity index (χ0) is 13.6. The molecule has 1 aromatic heterocycles. The van der Waals surface area contributed by atoms with Gasteiger partial charge in [-0.3, -0.25) is 4.90 Å². The molecule has 20 heavy (non-hydrogen) atoms. The lowest BCUT2D eigenvalue weighted by Gasteiger charge is -2.26. The molecule has 0 spiro atoms. The Bertz CT molecular complexity index is 542. The summed E-state index contributed by atoms with van der Waals surface area (Å²) in [6, 6.07) is 8.30. The largest absolute Gasteiger partial charge is 0.379 e.